The molecule has 0 spiro atoms. The fourth-order valence-corrected chi connectivity index (χ4v) is 1.88. The van der Waals surface area contributed by atoms with Gasteiger partial charge in [0.15, 0.2) is 0 Å². The Bertz CT molecular complexity index is 461. The molecule has 78 valence electrons. The van der Waals surface area contributed by atoms with E-state index in [2.05, 4.69) is 26.1 Å². The molecule has 0 atom stereocenters. The Hall–Kier alpha value is -1.23. The average molecular weight is 270 g/mol. The Labute approximate surface area is 95.1 Å². The van der Waals surface area contributed by atoms with Crippen LogP contribution in [-0.2, 0) is 13.5 Å². The topological polar surface area (TPSA) is 30.7 Å². The van der Waals surface area contributed by atoms with Gasteiger partial charge in [-0.05, 0) is 23.8 Å². The van der Waals surface area contributed by atoms with E-state index in [1.807, 2.05) is 17.7 Å². The molecule has 1 aromatic heterocycles. The molecular weight excluding hydrogens is 261 g/mol. The van der Waals surface area contributed by atoms with Gasteiger partial charge >= 0.3 is 0 Å². The summed E-state index contributed by atoms with van der Waals surface area (Å²) in [5, 5.41) is 7.72. The summed E-state index contributed by atoms with van der Waals surface area (Å²) < 4.78 is 15.6. The molecule has 2 rings (SSSR count). The van der Waals surface area contributed by atoms with Crippen LogP contribution in [0, 0.1) is 5.82 Å². The van der Waals surface area contributed by atoms with Crippen LogP contribution in [0.2, 0.25) is 0 Å². The number of aromatic nitrogens is 3. The quantitative estimate of drug-likeness (QED) is 0.838. The van der Waals surface area contributed by atoms with E-state index in [1.54, 1.807) is 6.33 Å². The lowest BCUT2D eigenvalue weighted by atomic mass is 10.1. The van der Waals surface area contributed by atoms with Crippen molar-refractivity contribution in [1.29, 1.82) is 0 Å². The number of benzene rings is 1. The van der Waals surface area contributed by atoms with Crippen molar-refractivity contribution >= 4 is 15.9 Å². The van der Waals surface area contributed by atoms with Gasteiger partial charge in [0, 0.05) is 17.9 Å². The molecule has 0 bridgehead atoms. The smallest absolute Gasteiger partial charge is 0.136 e. The van der Waals surface area contributed by atoms with Gasteiger partial charge in [-0.25, -0.2) is 4.39 Å². The van der Waals surface area contributed by atoms with Gasteiger partial charge in [0.2, 0.25) is 0 Å². The molecule has 0 aliphatic carbocycles. The summed E-state index contributed by atoms with van der Waals surface area (Å²) in [6.45, 7) is 0. The minimum Gasteiger partial charge on any atom is -0.320 e. The SMILES string of the molecule is Cn1cnnc1Cc1cc(F)cc(Br)c1. The molecule has 15 heavy (non-hydrogen) atoms. The number of hydrogen-bond donors (Lipinski definition) is 0. The molecule has 5 heteroatoms. The third kappa shape index (κ3) is 2.41. The highest BCUT2D eigenvalue weighted by molar-refractivity contribution is 9.10. The number of nitrogens with zero attached hydrogens (tertiary/aromatic N) is 3. The van der Waals surface area contributed by atoms with Crippen molar-refractivity contribution in [1.82, 2.24) is 14.8 Å². The fourth-order valence-electron chi connectivity index (χ4n) is 1.36. The molecule has 1 aromatic carbocycles. The molecule has 0 fully saturated rings. The van der Waals surface area contributed by atoms with E-state index in [0.29, 0.717) is 6.42 Å². The third-order valence-electron chi connectivity index (χ3n) is 2.09. The van der Waals surface area contributed by atoms with Crippen LogP contribution in [0.1, 0.15) is 11.4 Å². The van der Waals surface area contributed by atoms with E-state index in [4.69, 9.17) is 0 Å². The number of halogens is 2. The minimum atomic E-state index is -0.249. The maximum absolute atomic E-state index is 13.1. The highest BCUT2D eigenvalue weighted by atomic mass is 79.9. The van der Waals surface area contributed by atoms with E-state index in [-0.39, 0.29) is 5.82 Å². The van der Waals surface area contributed by atoms with Gasteiger partial charge in [-0.1, -0.05) is 15.9 Å². The Morgan fingerprint density at radius 2 is 2.20 bits per heavy atom. The largest absolute Gasteiger partial charge is 0.320 e. The van der Waals surface area contributed by atoms with Gasteiger partial charge in [-0.2, -0.15) is 0 Å². The zero-order chi connectivity index (χ0) is 10.8. The van der Waals surface area contributed by atoms with Gasteiger partial charge in [0.1, 0.15) is 18.0 Å². The van der Waals surface area contributed by atoms with Gasteiger partial charge in [0.05, 0.1) is 0 Å². The van der Waals surface area contributed by atoms with Crippen LogP contribution in [0.5, 0.6) is 0 Å². The molecule has 0 N–H and O–H groups in total. The van der Waals surface area contributed by atoms with Gasteiger partial charge in [0.25, 0.3) is 0 Å². The summed E-state index contributed by atoms with van der Waals surface area (Å²) in [6.07, 6.45) is 2.20. The molecule has 3 nitrogen and oxygen atoms in total. The molecule has 0 aliphatic rings. The van der Waals surface area contributed by atoms with E-state index in [0.717, 1.165) is 15.9 Å². The molecular formula is C10H9BrFN3. The Morgan fingerprint density at radius 3 is 2.80 bits per heavy atom. The second-order valence-electron chi connectivity index (χ2n) is 3.31. The molecule has 2 aromatic rings. The lowest BCUT2D eigenvalue weighted by molar-refractivity contribution is 0.624. The fraction of sp³-hybridized carbons (Fsp3) is 0.200. The van der Waals surface area contributed by atoms with Crippen molar-refractivity contribution in [2.24, 2.45) is 7.05 Å². The van der Waals surface area contributed by atoms with Crippen LogP contribution in [0.4, 0.5) is 4.39 Å². The summed E-state index contributed by atoms with van der Waals surface area (Å²) in [6, 6.07) is 4.80. The van der Waals surface area contributed by atoms with Crippen LogP contribution in [-0.4, -0.2) is 14.8 Å². The monoisotopic (exact) mass is 269 g/mol. The van der Waals surface area contributed by atoms with Crippen molar-refractivity contribution in [3.05, 3.63) is 46.2 Å². The van der Waals surface area contributed by atoms with Crippen LogP contribution in [0.3, 0.4) is 0 Å². The predicted octanol–water partition coefficient (Wildman–Crippen LogP) is 2.31. The van der Waals surface area contributed by atoms with E-state index >= 15 is 0 Å². The first-order valence-electron chi connectivity index (χ1n) is 4.43. The first-order valence-corrected chi connectivity index (χ1v) is 5.22. The van der Waals surface area contributed by atoms with Gasteiger partial charge < -0.3 is 4.57 Å². The standard InChI is InChI=1S/C10H9BrFN3/c1-15-6-13-14-10(15)4-7-2-8(11)5-9(12)3-7/h2-3,5-6H,4H2,1H3. The highest BCUT2D eigenvalue weighted by Gasteiger charge is 2.04. The van der Waals surface area contributed by atoms with Crippen molar-refractivity contribution in [2.75, 3.05) is 0 Å². The van der Waals surface area contributed by atoms with Crippen molar-refractivity contribution in [3.63, 3.8) is 0 Å². The van der Waals surface area contributed by atoms with Gasteiger partial charge in [-0.15, -0.1) is 10.2 Å². The number of aryl methyl sites for hydroxylation is 1. The second-order valence-corrected chi connectivity index (χ2v) is 4.23. The first kappa shape index (κ1) is 10.3. The van der Waals surface area contributed by atoms with Crippen molar-refractivity contribution in [2.45, 2.75) is 6.42 Å². The molecule has 0 aliphatic heterocycles. The molecule has 0 saturated heterocycles. The maximum atomic E-state index is 13.1. The third-order valence-corrected chi connectivity index (χ3v) is 2.55. The maximum Gasteiger partial charge on any atom is 0.136 e. The summed E-state index contributed by atoms with van der Waals surface area (Å²) in [4.78, 5) is 0. The molecule has 0 unspecified atom stereocenters. The van der Waals surface area contributed by atoms with Crippen LogP contribution in [0.25, 0.3) is 0 Å². The summed E-state index contributed by atoms with van der Waals surface area (Å²) in [5.74, 6) is 0.564. The van der Waals surface area contributed by atoms with Crippen LogP contribution < -0.4 is 0 Å². The zero-order valence-electron chi connectivity index (χ0n) is 8.11. The number of hydrogen-bond acceptors (Lipinski definition) is 2. The van der Waals surface area contributed by atoms with Crippen LogP contribution >= 0.6 is 15.9 Å². The Morgan fingerprint density at radius 1 is 1.40 bits per heavy atom. The Kier molecular flexibility index (Phi) is 2.81. The molecule has 0 saturated carbocycles. The average Bonchev–Trinajstić information content (AvgIpc) is 2.50. The highest BCUT2D eigenvalue weighted by Crippen LogP contribution is 2.16. The lowest BCUT2D eigenvalue weighted by Crippen LogP contribution is -1.98. The predicted molar refractivity (Wildman–Crippen MR) is 57.9 cm³/mol. The molecule has 0 radical (unpaired) electrons. The first-order chi connectivity index (χ1) is 7.15. The number of rotatable bonds is 2. The summed E-state index contributed by atoms with van der Waals surface area (Å²) >= 11 is 3.25. The van der Waals surface area contributed by atoms with E-state index < -0.39 is 0 Å². The van der Waals surface area contributed by atoms with Crippen molar-refractivity contribution < 1.29 is 4.39 Å². The molecule has 1 heterocycles. The second kappa shape index (κ2) is 4.10. The summed E-state index contributed by atoms with van der Waals surface area (Å²) in [5.41, 5.74) is 0.873. The van der Waals surface area contributed by atoms with Gasteiger partial charge in [-0.3, -0.25) is 0 Å². The normalized spacial score (nSPS) is 10.6. The molecule has 0 amide bonds. The Balaban J connectivity index is 2.28. The van der Waals surface area contributed by atoms with Crippen molar-refractivity contribution in [3.8, 4) is 0 Å². The van der Waals surface area contributed by atoms with E-state index in [9.17, 15) is 4.39 Å². The van der Waals surface area contributed by atoms with E-state index in [1.165, 1.54) is 12.1 Å². The van der Waals surface area contributed by atoms with Crippen LogP contribution in [0.15, 0.2) is 29.0 Å². The zero-order valence-corrected chi connectivity index (χ0v) is 9.70. The summed E-state index contributed by atoms with van der Waals surface area (Å²) in [7, 11) is 1.86. The lowest BCUT2D eigenvalue weighted by Gasteiger charge is -2.02. The minimum absolute atomic E-state index is 0.249.